The summed E-state index contributed by atoms with van der Waals surface area (Å²) < 4.78 is 4.68. The maximum absolute atomic E-state index is 9.29. The summed E-state index contributed by atoms with van der Waals surface area (Å²) in [5.41, 5.74) is 21.6. The van der Waals surface area contributed by atoms with Crippen molar-refractivity contribution in [1.82, 2.24) is 54.0 Å². The minimum atomic E-state index is -0.294. The molecule has 0 unspecified atom stereocenters. The zero-order valence-corrected chi connectivity index (χ0v) is 64.2. The molecule has 0 amide bonds. The maximum atomic E-state index is 9.29. The molecule has 18 heteroatoms. The summed E-state index contributed by atoms with van der Waals surface area (Å²) in [6.45, 7) is 4.70. The summed E-state index contributed by atoms with van der Waals surface area (Å²) in [6.07, 6.45) is 0. The van der Waals surface area contributed by atoms with E-state index in [1.807, 2.05) is 60.7 Å². The number of fused-ring (bicyclic) bond motifs is 15. The van der Waals surface area contributed by atoms with Crippen molar-refractivity contribution in [2.75, 3.05) is 4.90 Å². The van der Waals surface area contributed by atoms with Crippen molar-refractivity contribution in [3.63, 3.8) is 0 Å². The second-order valence-electron chi connectivity index (χ2n) is 29.1. The van der Waals surface area contributed by atoms with Crippen molar-refractivity contribution >= 4 is 93.8 Å². The van der Waals surface area contributed by atoms with E-state index in [1.165, 1.54) is 93.8 Å². The van der Waals surface area contributed by atoms with Crippen LogP contribution in [0.1, 0.15) is 59.1 Å². The van der Waals surface area contributed by atoms with Crippen LogP contribution < -0.4 is 4.90 Å². The predicted molar refractivity (Wildman–Crippen MR) is 468 cm³/mol. The Morgan fingerprint density at radius 2 is 0.542 bits per heavy atom. The first-order chi connectivity index (χ1) is 59.0. The molecule has 0 saturated heterocycles. The van der Waals surface area contributed by atoms with Gasteiger partial charge in [-0.2, -0.15) is 31.6 Å². The standard InChI is InChI=1S/C51H38N2.C33H22N4.C18N12/c1-51(2)47-19-11-9-17-43(47)44-31-30-42(34-48(44)51)52(40-26-21-36(22-27-40)35-13-5-3-6-14-35)41-28-23-37(24-29-41)38-25-32-50-46(33-38)45-18-10-12-20-49(45)53(50)39-15-7-4-8-16-39;1-3-11-23(12-4-1)31-34-32(24-13-5-2-6-14-24)36-33(35-31)25-19-21-26(22-20-25)37-29-17-9-7-15-27(29)28-16-8-10-18-30(28)37;19-1-7-8(2-20)26-14-13(25-7)15-17(29-10(4-22)9(3-21)27-15)18-16(14)28-11(5-23)12(6-24)30-18/h3-34H,1-2H3;1-22H;. The van der Waals surface area contributed by atoms with E-state index in [2.05, 4.69) is 325 Å². The van der Waals surface area contributed by atoms with Gasteiger partial charge in [-0.3, -0.25) is 0 Å². The van der Waals surface area contributed by atoms with Crippen LogP contribution in [0.3, 0.4) is 0 Å². The Morgan fingerprint density at radius 1 is 0.242 bits per heavy atom. The summed E-state index contributed by atoms with van der Waals surface area (Å²) in [5, 5.41) is 60.7. The quantitative estimate of drug-likeness (QED) is 0.115. The topological polar surface area (TPSA) is 272 Å². The molecule has 0 bridgehead atoms. The molecule has 120 heavy (non-hydrogen) atoms. The van der Waals surface area contributed by atoms with E-state index in [4.69, 9.17) is 15.0 Å². The third kappa shape index (κ3) is 12.8. The zero-order chi connectivity index (χ0) is 81.5. The second kappa shape index (κ2) is 30.4. The van der Waals surface area contributed by atoms with Gasteiger partial charge in [-0.05, 0) is 148 Å². The molecule has 0 aliphatic heterocycles. The van der Waals surface area contributed by atoms with E-state index in [9.17, 15) is 31.6 Å². The highest BCUT2D eigenvalue weighted by molar-refractivity contribution is 6.18. The summed E-state index contributed by atoms with van der Waals surface area (Å²) in [4.78, 5) is 41.6. The van der Waals surface area contributed by atoms with Crippen molar-refractivity contribution in [2.24, 2.45) is 0 Å². The lowest BCUT2D eigenvalue weighted by Crippen LogP contribution is -2.16. The molecule has 0 radical (unpaired) electrons. The van der Waals surface area contributed by atoms with Gasteiger partial charge in [0.1, 0.15) is 69.5 Å². The van der Waals surface area contributed by atoms with Crippen LogP contribution in [0.4, 0.5) is 17.1 Å². The molecule has 6 heterocycles. The Hall–Kier alpha value is -17.6. The second-order valence-corrected chi connectivity index (χ2v) is 29.1. The number of rotatable bonds is 10. The van der Waals surface area contributed by atoms with E-state index in [-0.39, 0.29) is 72.7 Å². The first-order valence-corrected chi connectivity index (χ1v) is 38.5. The van der Waals surface area contributed by atoms with E-state index < -0.39 is 0 Å². The monoisotopic (exact) mass is 1540 g/mol. The van der Waals surface area contributed by atoms with E-state index in [1.54, 1.807) is 36.4 Å². The molecule has 0 atom stereocenters. The van der Waals surface area contributed by atoms with Gasteiger partial charge in [0.05, 0.1) is 22.1 Å². The van der Waals surface area contributed by atoms with E-state index >= 15 is 0 Å². The summed E-state index contributed by atoms with van der Waals surface area (Å²) in [7, 11) is 0. The lowest BCUT2D eigenvalue weighted by Gasteiger charge is -2.28. The number of nitrogens with zero attached hydrogens (tertiary/aromatic N) is 18. The van der Waals surface area contributed by atoms with Crippen LogP contribution in [0.25, 0.3) is 156 Å². The fourth-order valence-electron chi connectivity index (χ4n) is 16.2. The number of para-hydroxylation sites is 4. The van der Waals surface area contributed by atoms with Crippen molar-refractivity contribution in [3.05, 3.63) is 373 Å². The Kier molecular flexibility index (Phi) is 18.4. The molecule has 21 rings (SSSR count). The smallest absolute Gasteiger partial charge is 0.177 e. The van der Waals surface area contributed by atoms with Crippen molar-refractivity contribution in [3.8, 4) is 115 Å². The van der Waals surface area contributed by atoms with Gasteiger partial charge in [0.25, 0.3) is 0 Å². The van der Waals surface area contributed by atoms with Gasteiger partial charge in [0.2, 0.25) is 0 Å². The fourth-order valence-corrected chi connectivity index (χ4v) is 16.2. The van der Waals surface area contributed by atoms with Crippen LogP contribution in [-0.4, -0.2) is 54.0 Å². The Bertz CT molecular complexity index is 7330. The highest BCUT2D eigenvalue weighted by atomic mass is 15.1. The normalized spacial score (nSPS) is 11.6. The van der Waals surface area contributed by atoms with Crippen molar-refractivity contribution in [2.45, 2.75) is 19.3 Å². The Labute approximate surface area is 687 Å². The van der Waals surface area contributed by atoms with Gasteiger partial charge in [-0.25, -0.2) is 44.9 Å². The SMILES string of the molecule is CC1(C)c2ccccc2-c2ccc(N(c3ccc(-c4ccccc4)cc3)c3ccc(-c4ccc5c(c4)c4ccccc4n5-c4ccccc4)cc3)cc21.N#Cc1nc2c3nc(C#N)c(C#N)nc3c3nc(C#N)c(C#N)nc3c2nc1C#N.c1ccc(-c2nc(-c3ccccc3)nc(-c3ccc(-n4c5ccccc5c5ccccc54)cc3)n2)cc1. The van der Waals surface area contributed by atoms with E-state index in [0.29, 0.717) is 17.5 Å². The molecule has 0 fully saturated rings. The summed E-state index contributed by atoms with van der Waals surface area (Å²) in [5.74, 6) is 1.98. The van der Waals surface area contributed by atoms with Gasteiger partial charge in [0, 0.05) is 72.1 Å². The van der Waals surface area contributed by atoms with E-state index in [0.717, 1.165) is 39.4 Å². The zero-order valence-electron chi connectivity index (χ0n) is 64.2. The fraction of sp³-hybridized carbons (Fsp3) is 0.0294. The molecule has 20 aromatic rings. The molecule has 0 spiro atoms. The first-order valence-electron chi connectivity index (χ1n) is 38.5. The molecule has 0 saturated carbocycles. The highest BCUT2D eigenvalue weighted by Gasteiger charge is 2.36. The third-order valence-electron chi connectivity index (χ3n) is 21.9. The summed E-state index contributed by atoms with van der Waals surface area (Å²) >= 11 is 0. The molecule has 558 valence electrons. The number of hydrogen-bond acceptors (Lipinski definition) is 16. The van der Waals surface area contributed by atoms with Gasteiger partial charge < -0.3 is 14.0 Å². The van der Waals surface area contributed by atoms with Crippen molar-refractivity contribution in [1.29, 1.82) is 31.6 Å². The lowest BCUT2D eigenvalue weighted by atomic mass is 9.82. The first kappa shape index (κ1) is 72.7. The molecule has 0 N–H and O–H groups in total. The van der Waals surface area contributed by atoms with Crippen LogP contribution in [-0.2, 0) is 5.41 Å². The maximum Gasteiger partial charge on any atom is 0.177 e. The number of anilines is 3. The van der Waals surface area contributed by atoms with Gasteiger partial charge in [-0.1, -0.05) is 238 Å². The van der Waals surface area contributed by atoms with Gasteiger partial charge >= 0.3 is 0 Å². The molecule has 1 aliphatic rings. The molecular weight excluding hydrogens is 1480 g/mol. The molecule has 18 nitrogen and oxygen atoms in total. The van der Waals surface area contributed by atoms with Crippen LogP contribution in [0.5, 0.6) is 0 Å². The molecule has 1 aliphatic carbocycles. The summed E-state index contributed by atoms with van der Waals surface area (Å²) in [6, 6.07) is 127. The van der Waals surface area contributed by atoms with Gasteiger partial charge in [-0.15, -0.1) is 0 Å². The number of aromatic nitrogens is 11. The Morgan fingerprint density at radius 3 is 0.967 bits per heavy atom. The average Bonchev–Trinajstić information content (AvgIpc) is 1.51. The number of benzene rings is 14. The minimum Gasteiger partial charge on any atom is -0.310 e. The van der Waals surface area contributed by atoms with Crippen LogP contribution in [0.2, 0.25) is 0 Å². The number of hydrogen-bond donors (Lipinski definition) is 0. The largest absolute Gasteiger partial charge is 0.310 e. The van der Waals surface area contributed by atoms with Crippen LogP contribution in [0.15, 0.2) is 328 Å². The highest BCUT2D eigenvalue weighted by Crippen LogP contribution is 2.51. The lowest BCUT2D eigenvalue weighted by molar-refractivity contribution is 0.660. The van der Waals surface area contributed by atoms with Crippen LogP contribution >= 0.6 is 0 Å². The predicted octanol–water partition coefficient (Wildman–Crippen LogP) is 22.6. The molecule has 6 aromatic heterocycles. The number of nitriles is 6. The van der Waals surface area contributed by atoms with Crippen LogP contribution in [0, 0.1) is 68.0 Å². The van der Waals surface area contributed by atoms with Gasteiger partial charge in [0.15, 0.2) is 51.6 Å². The van der Waals surface area contributed by atoms with Crippen molar-refractivity contribution < 1.29 is 0 Å². The third-order valence-corrected chi connectivity index (χ3v) is 21.9. The molecule has 14 aromatic carbocycles. The molecular formula is C102H60N18. The minimum absolute atomic E-state index is 0.0237. The average molecular weight is 1540 g/mol. The Balaban J connectivity index is 0.000000125.